The van der Waals surface area contributed by atoms with Gasteiger partial charge in [-0.1, -0.05) is 44.0 Å². The van der Waals surface area contributed by atoms with Crippen LogP contribution in [0.15, 0.2) is 24.3 Å². The van der Waals surface area contributed by atoms with Gasteiger partial charge in [0.1, 0.15) is 0 Å². The summed E-state index contributed by atoms with van der Waals surface area (Å²) in [6.07, 6.45) is 7.67. The van der Waals surface area contributed by atoms with Crippen molar-refractivity contribution in [3.8, 4) is 12.3 Å². The van der Waals surface area contributed by atoms with Crippen LogP contribution in [0, 0.1) is 12.3 Å². The molecule has 0 amide bonds. The van der Waals surface area contributed by atoms with Crippen LogP contribution in [0.1, 0.15) is 31.4 Å². The van der Waals surface area contributed by atoms with Gasteiger partial charge in [-0.25, -0.2) is 0 Å². The maximum absolute atomic E-state index is 5.45. The van der Waals surface area contributed by atoms with Crippen LogP contribution in [0.25, 0.3) is 0 Å². The first kappa shape index (κ1) is 15.8. The molecule has 104 valence electrons. The van der Waals surface area contributed by atoms with Gasteiger partial charge >= 0.3 is 0 Å². The van der Waals surface area contributed by atoms with Gasteiger partial charge in [-0.15, -0.1) is 6.42 Å². The van der Waals surface area contributed by atoms with Crippen LogP contribution in [0.4, 0.5) is 0 Å². The Bertz CT molecular complexity index is 392. The third kappa shape index (κ3) is 5.92. The lowest BCUT2D eigenvalue weighted by molar-refractivity contribution is 0.299. The van der Waals surface area contributed by atoms with E-state index >= 15 is 0 Å². The highest BCUT2D eigenvalue weighted by atomic mass is 15.1. The van der Waals surface area contributed by atoms with E-state index in [0.717, 1.165) is 45.6 Å². The minimum Gasteiger partial charge on any atom is -0.317 e. The number of hydrogen-bond acceptors (Lipinski definition) is 2. The van der Waals surface area contributed by atoms with Crippen molar-refractivity contribution in [2.75, 3.05) is 26.2 Å². The number of terminal acetylenes is 1. The molecule has 0 aromatic heterocycles. The van der Waals surface area contributed by atoms with E-state index in [9.17, 15) is 0 Å². The molecule has 0 spiro atoms. The third-order valence-electron chi connectivity index (χ3n) is 3.19. The largest absolute Gasteiger partial charge is 0.317 e. The van der Waals surface area contributed by atoms with Crippen LogP contribution in [-0.2, 0) is 13.0 Å². The van der Waals surface area contributed by atoms with Crippen molar-refractivity contribution in [1.29, 1.82) is 0 Å². The third-order valence-corrected chi connectivity index (χ3v) is 3.19. The van der Waals surface area contributed by atoms with Crippen LogP contribution in [-0.4, -0.2) is 31.1 Å². The maximum atomic E-state index is 5.45. The van der Waals surface area contributed by atoms with Crippen LogP contribution >= 0.6 is 0 Å². The second kappa shape index (κ2) is 9.61. The topological polar surface area (TPSA) is 15.3 Å². The molecule has 0 aliphatic rings. The Labute approximate surface area is 118 Å². The molecule has 1 aromatic carbocycles. The summed E-state index contributed by atoms with van der Waals surface area (Å²) < 4.78 is 0. The Morgan fingerprint density at radius 1 is 1.21 bits per heavy atom. The van der Waals surface area contributed by atoms with E-state index in [4.69, 9.17) is 6.42 Å². The lowest BCUT2D eigenvalue weighted by Crippen LogP contribution is -2.25. The van der Waals surface area contributed by atoms with Gasteiger partial charge in [0.2, 0.25) is 0 Å². The number of hydrogen-bond donors (Lipinski definition) is 1. The molecule has 0 aliphatic carbocycles. The van der Waals surface area contributed by atoms with Crippen LogP contribution in [0.5, 0.6) is 0 Å². The van der Waals surface area contributed by atoms with Gasteiger partial charge in [-0.3, -0.25) is 4.90 Å². The van der Waals surface area contributed by atoms with E-state index in [1.165, 1.54) is 11.1 Å². The van der Waals surface area contributed by atoms with Crippen molar-refractivity contribution >= 4 is 0 Å². The Hall–Kier alpha value is -1.30. The molecule has 0 unspecified atom stereocenters. The average molecular weight is 258 g/mol. The van der Waals surface area contributed by atoms with E-state index < -0.39 is 0 Å². The summed E-state index contributed by atoms with van der Waals surface area (Å²) >= 11 is 0. The number of nitrogens with zero attached hydrogens (tertiary/aromatic N) is 1. The van der Waals surface area contributed by atoms with Crippen molar-refractivity contribution < 1.29 is 0 Å². The first-order valence-electron chi connectivity index (χ1n) is 7.25. The summed E-state index contributed by atoms with van der Waals surface area (Å²) in [4.78, 5) is 2.34. The zero-order valence-electron chi connectivity index (χ0n) is 12.3. The predicted octanol–water partition coefficient (Wildman–Crippen LogP) is 2.68. The monoisotopic (exact) mass is 258 g/mol. The highest BCUT2D eigenvalue weighted by Crippen LogP contribution is 2.12. The normalized spacial score (nSPS) is 10.6. The minimum atomic E-state index is 0.732. The number of nitrogens with one attached hydrogen (secondary N) is 1. The molecule has 0 heterocycles. The summed E-state index contributed by atoms with van der Waals surface area (Å²) in [7, 11) is 0. The van der Waals surface area contributed by atoms with Gasteiger partial charge in [-0.05, 0) is 43.6 Å². The van der Waals surface area contributed by atoms with Gasteiger partial charge in [0.05, 0.1) is 6.54 Å². The van der Waals surface area contributed by atoms with Gasteiger partial charge < -0.3 is 5.32 Å². The first-order valence-corrected chi connectivity index (χ1v) is 7.25. The van der Waals surface area contributed by atoms with Crippen LogP contribution in [0.2, 0.25) is 0 Å². The first-order chi connectivity index (χ1) is 9.31. The van der Waals surface area contributed by atoms with Gasteiger partial charge in [0.15, 0.2) is 0 Å². The van der Waals surface area contributed by atoms with Crippen LogP contribution < -0.4 is 5.32 Å². The molecule has 1 aromatic rings. The molecular formula is C17H26N2. The Morgan fingerprint density at radius 3 is 2.58 bits per heavy atom. The number of rotatable bonds is 9. The molecule has 0 bridgehead atoms. The second-order valence-corrected chi connectivity index (χ2v) is 4.79. The fraction of sp³-hybridized carbons (Fsp3) is 0.529. The molecule has 0 aliphatic heterocycles. The molecule has 2 nitrogen and oxygen atoms in total. The lowest BCUT2D eigenvalue weighted by atomic mass is 10.0. The zero-order valence-corrected chi connectivity index (χ0v) is 12.3. The zero-order chi connectivity index (χ0) is 13.9. The number of benzene rings is 1. The van der Waals surface area contributed by atoms with E-state index in [1.54, 1.807) is 0 Å². The highest BCUT2D eigenvalue weighted by Gasteiger charge is 2.07. The summed E-state index contributed by atoms with van der Waals surface area (Å²) in [6, 6.07) is 8.69. The van der Waals surface area contributed by atoms with E-state index in [-0.39, 0.29) is 0 Å². The molecule has 19 heavy (non-hydrogen) atoms. The Morgan fingerprint density at radius 2 is 1.95 bits per heavy atom. The summed E-state index contributed by atoms with van der Waals surface area (Å²) in [5.74, 6) is 2.76. The molecule has 0 saturated carbocycles. The van der Waals surface area contributed by atoms with Crippen molar-refractivity contribution in [1.82, 2.24) is 10.2 Å². The van der Waals surface area contributed by atoms with Gasteiger partial charge in [-0.2, -0.15) is 0 Å². The highest BCUT2D eigenvalue weighted by molar-refractivity contribution is 5.27. The minimum absolute atomic E-state index is 0.732. The van der Waals surface area contributed by atoms with E-state index in [1.807, 2.05) is 0 Å². The maximum Gasteiger partial charge on any atom is 0.0601 e. The summed E-state index contributed by atoms with van der Waals surface area (Å²) in [5, 5.41) is 3.38. The van der Waals surface area contributed by atoms with E-state index in [2.05, 4.69) is 54.3 Å². The summed E-state index contributed by atoms with van der Waals surface area (Å²) in [6.45, 7) is 9.15. The molecule has 0 fully saturated rings. The van der Waals surface area contributed by atoms with Gasteiger partial charge in [0.25, 0.3) is 0 Å². The summed E-state index contributed by atoms with van der Waals surface area (Å²) in [5.41, 5.74) is 2.84. The van der Waals surface area contributed by atoms with Crippen molar-refractivity contribution in [3.63, 3.8) is 0 Å². The smallest absolute Gasteiger partial charge is 0.0601 e. The molecule has 0 saturated heterocycles. The standard InChI is InChI=1S/C17H26N2/c1-4-13-19(14-5-2)15-17-10-8-7-9-16(17)11-12-18-6-3/h1,7-10,18H,5-6,11-15H2,2-3H3. The molecular weight excluding hydrogens is 232 g/mol. The fourth-order valence-corrected chi connectivity index (χ4v) is 2.26. The molecule has 0 atom stereocenters. The Balaban J connectivity index is 2.67. The average Bonchev–Trinajstić information content (AvgIpc) is 2.41. The molecule has 1 N–H and O–H groups in total. The van der Waals surface area contributed by atoms with Crippen molar-refractivity contribution in [2.24, 2.45) is 0 Å². The fourth-order valence-electron chi connectivity index (χ4n) is 2.26. The lowest BCUT2D eigenvalue weighted by Gasteiger charge is -2.21. The van der Waals surface area contributed by atoms with Gasteiger partial charge in [0, 0.05) is 6.54 Å². The Kier molecular flexibility index (Phi) is 7.97. The van der Waals surface area contributed by atoms with E-state index in [0.29, 0.717) is 0 Å². The molecule has 0 radical (unpaired) electrons. The second-order valence-electron chi connectivity index (χ2n) is 4.79. The number of likely N-dealkylation sites (N-methyl/N-ethyl adjacent to an activating group) is 1. The van der Waals surface area contributed by atoms with Crippen molar-refractivity contribution in [3.05, 3.63) is 35.4 Å². The SMILES string of the molecule is C#CCN(CCC)Cc1ccccc1CCNCC. The van der Waals surface area contributed by atoms with Crippen molar-refractivity contribution in [2.45, 2.75) is 33.2 Å². The molecule has 2 heteroatoms. The quantitative estimate of drug-likeness (QED) is 0.541. The predicted molar refractivity (Wildman–Crippen MR) is 83.1 cm³/mol. The molecule has 1 rings (SSSR count). The van der Waals surface area contributed by atoms with Crippen LogP contribution in [0.3, 0.4) is 0 Å².